The first-order valence-corrected chi connectivity index (χ1v) is 8.31. The molecule has 0 spiro atoms. The van der Waals surface area contributed by atoms with Gasteiger partial charge in [0, 0.05) is 22.2 Å². The zero-order chi connectivity index (χ0) is 14.1. The van der Waals surface area contributed by atoms with Crippen molar-refractivity contribution in [3.63, 3.8) is 0 Å². The largest absolute Gasteiger partial charge is 0.316 e. The SMILES string of the molecule is Cc1cccc(C2CNCCC2c2cc(C)sc2C)c1. The summed E-state index contributed by atoms with van der Waals surface area (Å²) in [6.07, 6.45) is 1.25. The summed E-state index contributed by atoms with van der Waals surface area (Å²) in [5.41, 5.74) is 4.44. The molecule has 1 saturated heterocycles. The lowest BCUT2D eigenvalue weighted by atomic mass is 9.77. The van der Waals surface area contributed by atoms with E-state index in [1.165, 1.54) is 27.3 Å². The molecule has 0 saturated carbocycles. The second-order valence-electron chi connectivity index (χ2n) is 5.99. The number of nitrogens with one attached hydrogen (secondary N) is 1. The highest BCUT2D eigenvalue weighted by molar-refractivity contribution is 7.12. The summed E-state index contributed by atoms with van der Waals surface area (Å²) in [7, 11) is 0. The first kappa shape index (κ1) is 13.8. The van der Waals surface area contributed by atoms with E-state index < -0.39 is 0 Å². The lowest BCUT2D eigenvalue weighted by Gasteiger charge is -2.33. The van der Waals surface area contributed by atoms with Crippen LogP contribution in [0.5, 0.6) is 0 Å². The highest BCUT2D eigenvalue weighted by atomic mass is 32.1. The maximum Gasteiger partial charge on any atom is 0.00520 e. The van der Waals surface area contributed by atoms with Gasteiger partial charge in [0.15, 0.2) is 0 Å². The zero-order valence-electron chi connectivity index (χ0n) is 12.6. The van der Waals surface area contributed by atoms with Crippen LogP contribution >= 0.6 is 11.3 Å². The van der Waals surface area contributed by atoms with Crippen LogP contribution in [0.25, 0.3) is 0 Å². The average molecular weight is 285 g/mol. The highest BCUT2D eigenvalue weighted by Gasteiger charge is 2.29. The van der Waals surface area contributed by atoms with Crippen LogP contribution in [-0.4, -0.2) is 13.1 Å². The molecule has 2 atom stereocenters. The van der Waals surface area contributed by atoms with Gasteiger partial charge >= 0.3 is 0 Å². The number of aryl methyl sites for hydroxylation is 3. The first-order chi connectivity index (χ1) is 9.65. The molecular weight excluding hydrogens is 262 g/mol. The minimum atomic E-state index is 0.608. The lowest BCUT2D eigenvalue weighted by Crippen LogP contribution is -2.34. The van der Waals surface area contributed by atoms with Gasteiger partial charge in [0.25, 0.3) is 0 Å². The van der Waals surface area contributed by atoms with Gasteiger partial charge < -0.3 is 5.32 Å². The standard InChI is InChI=1S/C18H23NS/c1-12-5-4-6-15(9-12)18-11-19-8-7-16(18)17-10-13(2)20-14(17)3/h4-6,9-10,16,18-19H,7-8,11H2,1-3H3. The third-order valence-electron chi connectivity index (χ3n) is 4.43. The van der Waals surface area contributed by atoms with Gasteiger partial charge in [-0.1, -0.05) is 29.8 Å². The smallest absolute Gasteiger partial charge is 0.00520 e. The maximum atomic E-state index is 3.58. The summed E-state index contributed by atoms with van der Waals surface area (Å²) >= 11 is 1.94. The number of hydrogen-bond acceptors (Lipinski definition) is 2. The Morgan fingerprint density at radius 2 is 1.95 bits per heavy atom. The summed E-state index contributed by atoms with van der Waals surface area (Å²) in [5, 5.41) is 3.58. The van der Waals surface area contributed by atoms with Crippen molar-refractivity contribution in [2.75, 3.05) is 13.1 Å². The topological polar surface area (TPSA) is 12.0 Å². The Kier molecular flexibility index (Phi) is 3.95. The molecule has 2 aromatic rings. The molecule has 2 unspecified atom stereocenters. The lowest BCUT2D eigenvalue weighted by molar-refractivity contribution is 0.404. The number of benzene rings is 1. The molecule has 1 aliphatic rings. The molecule has 2 heteroatoms. The van der Waals surface area contributed by atoms with E-state index in [0.717, 1.165) is 13.1 Å². The van der Waals surface area contributed by atoms with Crippen molar-refractivity contribution in [1.29, 1.82) is 0 Å². The van der Waals surface area contributed by atoms with Gasteiger partial charge in [0.1, 0.15) is 0 Å². The van der Waals surface area contributed by atoms with E-state index in [1.54, 1.807) is 5.56 Å². The molecule has 0 aliphatic carbocycles. The molecule has 1 aromatic heterocycles. The Hall–Kier alpha value is -1.12. The number of piperidine rings is 1. The molecule has 1 N–H and O–H groups in total. The third kappa shape index (κ3) is 2.68. The minimum Gasteiger partial charge on any atom is -0.316 e. The second-order valence-corrected chi connectivity index (χ2v) is 7.45. The van der Waals surface area contributed by atoms with Gasteiger partial charge in [-0.2, -0.15) is 0 Å². The molecule has 106 valence electrons. The molecule has 0 radical (unpaired) electrons. The van der Waals surface area contributed by atoms with E-state index >= 15 is 0 Å². The van der Waals surface area contributed by atoms with Crippen molar-refractivity contribution in [3.05, 3.63) is 56.8 Å². The van der Waals surface area contributed by atoms with E-state index in [0.29, 0.717) is 11.8 Å². The number of hydrogen-bond donors (Lipinski definition) is 1. The second kappa shape index (κ2) is 5.71. The average Bonchev–Trinajstić information content (AvgIpc) is 2.78. The van der Waals surface area contributed by atoms with E-state index in [2.05, 4.69) is 56.4 Å². The summed E-state index contributed by atoms with van der Waals surface area (Å²) < 4.78 is 0. The number of thiophene rings is 1. The van der Waals surface area contributed by atoms with Crippen molar-refractivity contribution in [1.82, 2.24) is 5.32 Å². The summed E-state index contributed by atoms with van der Waals surface area (Å²) in [6, 6.07) is 11.5. The zero-order valence-corrected chi connectivity index (χ0v) is 13.4. The van der Waals surface area contributed by atoms with E-state index in [9.17, 15) is 0 Å². The summed E-state index contributed by atoms with van der Waals surface area (Å²) in [4.78, 5) is 2.95. The van der Waals surface area contributed by atoms with E-state index in [-0.39, 0.29) is 0 Å². The van der Waals surface area contributed by atoms with Gasteiger partial charge in [-0.05, 0) is 56.8 Å². The minimum absolute atomic E-state index is 0.608. The van der Waals surface area contributed by atoms with Crippen LogP contribution < -0.4 is 5.32 Å². The Morgan fingerprint density at radius 1 is 1.10 bits per heavy atom. The van der Waals surface area contributed by atoms with Crippen LogP contribution in [0.15, 0.2) is 30.3 Å². The van der Waals surface area contributed by atoms with Gasteiger partial charge in [0.2, 0.25) is 0 Å². The molecule has 2 heterocycles. The van der Waals surface area contributed by atoms with E-state index in [4.69, 9.17) is 0 Å². The predicted octanol–water partition coefficient (Wildman–Crippen LogP) is 4.53. The molecule has 1 nitrogen and oxygen atoms in total. The Bertz CT molecular complexity index is 599. The molecule has 1 aromatic carbocycles. The highest BCUT2D eigenvalue weighted by Crippen LogP contribution is 2.41. The van der Waals surface area contributed by atoms with Crippen LogP contribution in [0, 0.1) is 20.8 Å². The van der Waals surface area contributed by atoms with Crippen LogP contribution in [0.2, 0.25) is 0 Å². The van der Waals surface area contributed by atoms with Gasteiger partial charge in [-0.25, -0.2) is 0 Å². The fourth-order valence-electron chi connectivity index (χ4n) is 3.50. The number of rotatable bonds is 2. The van der Waals surface area contributed by atoms with Crippen molar-refractivity contribution in [3.8, 4) is 0 Å². The van der Waals surface area contributed by atoms with E-state index in [1.807, 2.05) is 11.3 Å². The van der Waals surface area contributed by atoms with Gasteiger partial charge in [-0.15, -0.1) is 11.3 Å². The molecule has 3 rings (SSSR count). The predicted molar refractivity (Wildman–Crippen MR) is 87.9 cm³/mol. The maximum absolute atomic E-state index is 3.58. The monoisotopic (exact) mass is 285 g/mol. The first-order valence-electron chi connectivity index (χ1n) is 7.49. The molecule has 1 fully saturated rings. The third-order valence-corrected chi connectivity index (χ3v) is 5.41. The molecule has 0 amide bonds. The fourth-order valence-corrected chi connectivity index (χ4v) is 4.50. The molecule has 20 heavy (non-hydrogen) atoms. The Labute approximate surface area is 126 Å². The quantitative estimate of drug-likeness (QED) is 0.854. The van der Waals surface area contributed by atoms with Crippen LogP contribution in [0.3, 0.4) is 0 Å². The fraction of sp³-hybridized carbons (Fsp3) is 0.444. The van der Waals surface area contributed by atoms with Crippen molar-refractivity contribution >= 4 is 11.3 Å². The summed E-state index contributed by atoms with van der Waals surface area (Å²) in [6.45, 7) is 8.94. The van der Waals surface area contributed by atoms with Crippen molar-refractivity contribution in [2.24, 2.45) is 0 Å². The van der Waals surface area contributed by atoms with Gasteiger partial charge in [-0.3, -0.25) is 0 Å². The Balaban J connectivity index is 1.97. The molecule has 1 aliphatic heterocycles. The Morgan fingerprint density at radius 3 is 2.65 bits per heavy atom. The van der Waals surface area contributed by atoms with Crippen LogP contribution in [0.4, 0.5) is 0 Å². The van der Waals surface area contributed by atoms with Crippen molar-refractivity contribution < 1.29 is 0 Å². The molecular formula is C18H23NS. The van der Waals surface area contributed by atoms with Crippen molar-refractivity contribution in [2.45, 2.75) is 39.0 Å². The molecule has 0 bridgehead atoms. The summed E-state index contributed by atoms with van der Waals surface area (Å²) in [5.74, 6) is 1.28. The normalized spacial score (nSPS) is 22.9. The van der Waals surface area contributed by atoms with Crippen LogP contribution in [0.1, 0.15) is 44.7 Å². The van der Waals surface area contributed by atoms with Crippen LogP contribution in [-0.2, 0) is 0 Å². The van der Waals surface area contributed by atoms with Gasteiger partial charge in [0.05, 0.1) is 0 Å².